The number of nitrogens with zero attached hydrogens (tertiary/aromatic N) is 1. The third kappa shape index (κ3) is 4.50. The quantitative estimate of drug-likeness (QED) is 0.669. The fourth-order valence-corrected chi connectivity index (χ4v) is 1.28. The molecule has 0 aromatic carbocycles. The van der Waals surface area contributed by atoms with Gasteiger partial charge in [0, 0.05) is 11.8 Å². The fraction of sp³-hybridized carbons (Fsp3) is 0.385. The normalized spacial score (nSPS) is 10.7. The monoisotopic (exact) mass is 264 g/mol. The smallest absolute Gasteiger partial charge is 0.412 e. The van der Waals surface area contributed by atoms with Crippen molar-refractivity contribution in [2.24, 2.45) is 0 Å². The Balaban J connectivity index is 2.98. The van der Waals surface area contributed by atoms with Crippen molar-refractivity contribution in [3.8, 4) is 0 Å². The summed E-state index contributed by atoms with van der Waals surface area (Å²) in [6.07, 6.45) is 1.07. The van der Waals surface area contributed by atoms with Gasteiger partial charge < -0.3 is 4.74 Å². The summed E-state index contributed by atoms with van der Waals surface area (Å²) >= 11 is 0. The molecule has 102 valence electrons. The summed E-state index contributed by atoms with van der Waals surface area (Å²) in [5, 5.41) is 2.41. The molecular formula is C13H16N2O4. The van der Waals surface area contributed by atoms with Gasteiger partial charge in [-0.2, -0.15) is 0 Å². The van der Waals surface area contributed by atoms with Crippen molar-refractivity contribution in [2.75, 3.05) is 5.32 Å². The van der Waals surface area contributed by atoms with Crippen LogP contribution in [0.4, 0.5) is 10.5 Å². The molecule has 19 heavy (non-hydrogen) atoms. The van der Waals surface area contributed by atoms with E-state index >= 15 is 0 Å². The van der Waals surface area contributed by atoms with E-state index in [-0.39, 0.29) is 17.2 Å². The summed E-state index contributed by atoms with van der Waals surface area (Å²) in [5.74, 6) is -0.211. The number of anilines is 1. The first-order valence-corrected chi connectivity index (χ1v) is 5.69. The highest BCUT2D eigenvalue weighted by molar-refractivity contribution is 5.98. The third-order valence-electron chi connectivity index (χ3n) is 2.07. The van der Waals surface area contributed by atoms with Gasteiger partial charge in [-0.25, -0.2) is 4.79 Å². The Morgan fingerprint density at radius 1 is 1.37 bits per heavy atom. The second kappa shape index (κ2) is 5.60. The Labute approximate surface area is 111 Å². The van der Waals surface area contributed by atoms with E-state index in [9.17, 15) is 14.4 Å². The molecule has 0 spiro atoms. The van der Waals surface area contributed by atoms with E-state index in [4.69, 9.17) is 4.74 Å². The molecule has 1 N–H and O–H groups in total. The van der Waals surface area contributed by atoms with Crippen molar-refractivity contribution in [3.05, 3.63) is 23.5 Å². The van der Waals surface area contributed by atoms with E-state index in [0.717, 1.165) is 0 Å². The van der Waals surface area contributed by atoms with Crippen LogP contribution in [0.3, 0.4) is 0 Å². The topological polar surface area (TPSA) is 85.4 Å². The molecule has 0 saturated carbocycles. The van der Waals surface area contributed by atoms with Gasteiger partial charge >= 0.3 is 6.09 Å². The second-order valence-electron chi connectivity index (χ2n) is 4.96. The zero-order chi connectivity index (χ0) is 14.6. The molecule has 6 nitrogen and oxygen atoms in total. The average Bonchev–Trinajstić information content (AvgIpc) is 2.26. The number of amides is 1. The Kier molecular flexibility index (Phi) is 4.37. The molecule has 1 aromatic rings. The van der Waals surface area contributed by atoms with Gasteiger partial charge in [0.1, 0.15) is 11.3 Å². The summed E-state index contributed by atoms with van der Waals surface area (Å²) in [5.41, 5.74) is -0.165. The molecule has 0 aliphatic carbocycles. The standard InChI is InChI=1S/C13H16N2O4/c1-8(17)9-5-10(11(7-16)14-6-9)15-12(18)19-13(2,3)4/h5-7H,1-4H3,(H,15,18). The number of Topliss-reactive ketones (excluding diaryl/α,β-unsaturated/α-hetero) is 1. The largest absolute Gasteiger partial charge is 0.444 e. The van der Waals surface area contributed by atoms with Crippen molar-refractivity contribution in [2.45, 2.75) is 33.3 Å². The molecule has 0 radical (unpaired) electrons. The Bertz CT molecular complexity index is 518. The SMILES string of the molecule is CC(=O)c1cnc(C=O)c(NC(=O)OC(C)(C)C)c1. The minimum absolute atomic E-state index is 0.0378. The summed E-state index contributed by atoms with van der Waals surface area (Å²) in [6, 6.07) is 1.39. The maximum Gasteiger partial charge on any atom is 0.412 e. The highest BCUT2D eigenvalue weighted by Crippen LogP contribution is 2.16. The van der Waals surface area contributed by atoms with Crippen molar-refractivity contribution in [3.63, 3.8) is 0 Å². The molecule has 0 bridgehead atoms. The molecule has 1 rings (SSSR count). The summed E-state index contributed by atoms with van der Waals surface area (Å²) in [4.78, 5) is 37.5. The van der Waals surface area contributed by atoms with Crippen molar-refractivity contribution >= 4 is 23.9 Å². The highest BCUT2D eigenvalue weighted by Gasteiger charge is 2.18. The number of aldehydes is 1. The molecule has 0 atom stereocenters. The molecule has 1 heterocycles. The molecule has 0 unspecified atom stereocenters. The molecule has 0 aliphatic rings. The van der Waals surface area contributed by atoms with Crippen molar-refractivity contribution in [1.82, 2.24) is 4.98 Å². The van der Waals surface area contributed by atoms with E-state index in [1.165, 1.54) is 19.2 Å². The van der Waals surface area contributed by atoms with E-state index in [0.29, 0.717) is 11.8 Å². The Morgan fingerprint density at radius 3 is 2.47 bits per heavy atom. The van der Waals surface area contributed by atoms with Gasteiger partial charge in [0.25, 0.3) is 0 Å². The molecule has 0 saturated heterocycles. The van der Waals surface area contributed by atoms with Gasteiger partial charge in [0.15, 0.2) is 12.1 Å². The molecule has 1 aromatic heterocycles. The Hall–Kier alpha value is -2.24. The van der Waals surface area contributed by atoms with E-state index in [1.54, 1.807) is 20.8 Å². The van der Waals surface area contributed by atoms with Crippen LogP contribution >= 0.6 is 0 Å². The number of pyridine rings is 1. The molecule has 1 amide bonds. The fourth-order valence-electron chi connectivity index (χ4n) is 1.28. The lowest BCUT2D eigenvalue weighted by atomic mass is 10.1. The van der Waals surface area contributed by atoms with E-state index in [2.05, 4.69) is 10.3 Å². The van der Waals surface area contributed by atoms with Gasteiger partial charge in [-0.15, -0.1) is 0 Å². The van der Waals surface area contributed by atoms with E-state index in [1.807, 2.05) is 0 Å². The minimum atomic E-state index is -0.710. The van der Waals surface area contributed by atoms with E-state index < -0.39 is 11.7 Å². The summed E-state index contributed by atoms with van der Waals surface area (Å²) in [7, 11) is 0. The first-order chi connectivity index (χ1) is 8.73. The number of hydrogen-bond acceptors (Lipinski definition) is 5. The number of carbonyl (C=O) groups excluding carboxylic acids is 3. The summed E-state index contributed by atoms with van der Waals surface area (Å²) < 4.78 is 5.06. The molecule has 0 fully saturated rings. The predicted molar refractivity (Wildman–Crippen MR) is 69.5 cm³/mol. The van der Waals surface area contributed by atoms with Gasteiger partial charge in [-0.05, 0) is 33.8 Å². The number of aromatic nitrogens is 1. The van der Waals surface area contributed by atoms with Crippen LogP contribution in [0.5, 0.6) is 0 Å². The molecule has 0 aliphatic heterocycles. The van der Waals surface area contributed by atoms with Gasteiger partial charge in [-0.1, -0.05) is 0 Å². The van der Waals surface area contributed by atoms with Gasteiger partial charge in [0.05, 0.1) is 5.69 Å². The number of rotatable bonds is 3. The first kappa shape index (κ1) is 14.8. The zero-order valence-electron chi connectivity index (χ0n) is 11.3. The van der Waals surface area contributed by atoms with Crippen LogP contribution in [0.2, 0.25) is 0 Å². The highest BCUT2D eigenvalue weighted by atomic mass is 16.6. The first-order valence-electron chi connectivity index (χ1n) is 5.69. The van der Waals surface area contributed by atoms with Crippen LogP contribution in [0.1, 0.15) is 48.5 Å². The number of carbonyl (C=O) groups is 3. The number of ketones is 1. The van der Waals surface area contributed by atoms with Crippen molar-refractivity contribution < 1.29 is 19.1 Å². The van der Waals surface area contributed by atoms with Crippen LogP contribution in [0.15, 0.2) is 12.3 Å². The number of nitrogens with one attached hydrogen (secondary N) is 1. The lowest BCUT2D eigenvalue weighted by molar-refractivity contribution is 0.0635. The average molecular weight is 264 g/mol. The van der Waals surface area contributed by atoms with Gasteiger partial charge in [-0.3, -0.25) is 19.9 Å². The number of hydrogen-bond donors (Lipinski definition) is 1. The summed E-state index contributed by atoms with van der Waals surface area (Å²) in [6.45, 7) is 6.53. The van der Waals surface area contributed by atoms with Crippen LogP contribution in [-0.2, 0) is 4.74 Å². The van der Waals surface area contributed by atoms with Crippen LogP contribution in [0, 0.1) is 0 Å². The zero-order valence-corrected chi connectivity index (χ0v) is 11.3. The van der Waals surface area contributed by atoms with Crippen LogP contribution in [-0.4, -0.2) is 28.7 Å². The van der Waals surface area contributed by atoms with Crippen LogP contribution in [0.25, 0.3) is 0 Å². The second-order valence-corrected chi connectivity index (χ2v) is 4.96. The lowest BCUT2D eigenvalue weighted by Gasteiger charge is -2.20. The molecule has 6 heteroatoms. The van der Waals surface area contributed by atoms with Crippen molar-refractivity contribution in [1.29, 1.82) is 0 Å². The molecular weight excluding hydrogens is 248 g/mol. The van der Waals surface area contributed by atoms with Gasteiger partial charge in [0.2, 0.25) is 0 Å². The Morgan fingerprint density at radius 2 is 2.00 bits per heavy atom. The maximum absolute atomic E-state index is 11.6. The number of ether oxygens (including phenoxy) is 1. The van der Waals surface area contributed by atoms with Crippen LogP contribution < -0.4 is 5.32 Å². The predicted octanol–water partition coefficient (Wildman–Crippen LogP) is 2.44. The third-order valence-corrected chi connectivity index (χ3v) is 2.07. The lowest BCUT2D eigenvalue weighted by Crippen LogP contribution is -2.27. The minimum Gasteiger partial charge on any atom is -0.444 e. The maximum atomic E-state index is 11.6.